The number of carbonyl (C=O) groups excluding carboxylic acids is 2. The van der Waals surface area contributed by atoms with Crippen LogP contribution in [0.2, 0.25) is 0 Å². The SMILES string of the molecule is CCOc1ccc(N=C2NC(=O)[C@H](CC(=O)Nc3ccccc3[N+](=O)[O-])S2)cc1. The van der Waals surface area contributed by atoms with Crippen LogP contribution in [-0.2, 0) is 9.59 Å². The number of carbonyl (C=O) groups is 2. The van der Waals surface area contributed by atoms with E-state index in [1.165, 1.54) is 18.2 Å². The summed E-state index contributed by atoms with van der Waals surface area (Å²) in [5.74, 6) is -0.101. The summed E-state index contributed by atoms with van der Waals surface area (Å²) in [6.07, 6.45) is -0.134. The van der Waals surface area contributed by atoms with Crippen LogP contribution in [0.25, 0.3) is 0 Å². The van der Waals surface area contributed by atoms with Crippen LogP contribution in [0.5, 0.6) is 5.75 Å². The third-order valence-electron chi connectivity index (χ3n) is 3.90. The molecule has 29 heavy (non-hydrogen) atoms. The van der Waals surface area contributed by atoms with Crippen LogP contribution in [0.4, 0.5) is 17.1 Å². The van der Waals surface area contributed by atoms with Crippen LogP contribution < -0.4 is 15.4 Å². The van der Waals surface area contributed by atoms with Gasteiger partial charge in [0, 0.05) is 12.5 Å². The summed E-state index contributed by atoms with van der Waals surface area (Å²) in [6.45, 7) is 2.46. The first kappa shape index (κ1) is 20.3. The first-order valence-corrected chi connectivity index (χ1v) is 9.66. The molecule has 1 saturated heterocycles. The number of aliphatic imine (C=N–C) groups is 1. The maximum absolute atomic E-state index is 12.3. The standard InChI is InChI=1S/C19H18N4O5S/c1-2-28-13-9-7-12(8-10-13)20-19-22-18(25)16(29-19)11-17(24)21-14-5-3-4-6-15(14)23(26)27/h3-10,16H,2,11H2,1H3,(H,21,24)(H,20,22,25)/t16-/m0/s1. The quantitative estimate of drug-likeness (QED) is 0.530. The van der Waals surface area contributed by atoms with Gasteiger partial charge >= 0.3 is 0 Å². The number of anilines is 1. The number of ether oxygens (including phenoxy) is 1. The maximum Gasteiger partial charge on any atom is 0.292 e. The van der Waals surface area contributed by atoms with Gasteiger partial charge in [0.15, 0.2) is 5.17 Å². The fourth-order valence-corrected chi connectivity index (χ4v) is 3.59. The van der Waals surface area contributed by atoms with Gasteiger partial charge in [-0.3, -0.25) is 19.7 Å². The second-order valence-corrected chi connectivity index (χ2v) is 7.16. The first-order valence-electron chi connectivity index (χ1n) is 8.78. The Balaban J connectivity index is 1.62. The van der Waals surface area contributed by atoms with E-state index < -0.39 is 16.1 Å². The smallest absolute Gasteiger partial charge is 0.292 e. The van der Waals surface area contributed by atoms with Gasteiger partial charge in [-0.15, -0.1) is 0 Å². The van der Waals surface area contributed by atoms with Crippen LogP contribution >= 0.6 is 11.8 Å². The molecule has 0 spiro atoms. The number of nitro groups is 1. The lowest BCUT2D eigenvalue weighted by atomic mass is 10.2. The topological polar surface area (TPSA) is 123 Å². The third-order valence-corrected chi connectivity index (χ3v) is 4.98. The number of amidine groups is 1. The number of rotatable bonds is 7. The summed E-state index contributed by atoms with van der Waals surface area (Å²) < 4.78 is 5.37. The molecule has 1 fully saturated rings. The Morgan fingerprint density at radius 2 is 2.00 bits per heavy atom. The minimum absolute atomic E-state index is 0.0918. The minimum atomic E-state index is -0.667. The molecule has 1 aliphatic heterocycles. The van der Waals surface area contributed by atoms with E-state index in [1.54, 1.807) is 30.3 Å². The van der Waals surface area contributed by atoms with Crippen molar-refractivity contribution in [1.29, 1.82) is 0 Å². The first-order chi connectivity index (χ1) is 14.0. The highest BCUT2D eigenvalue weighted by molar-refractivity contribution is 8.15. The fraction of sp³-hybridized carbons (Fsp3) is 0.211. The van der Waals surface area contributed by atoms with Crippen LogP contribution in [0.15, 0.2) is 53.5 Å². The molecule has 0 bridgehead atoms. The lowest BCUT2D eigenvalue weighted by molar-refractivity contribution is -0.383. The average Bonchev–Trinajstić information content (AvgIpc) is 3.02. The monoisotopic (exact) mass is 414 g/mol. The maximum atomic E-state index is 12.3. The van der Waals surface area contributed by atoms with Crippen LogP contribution in [0, 0.1) is 10.1 Å². The van der Waals surface area contributed by atoms with Gasteiger partial charge in [0.05, 0.1) is 17.2 Å². The van der Waals surface area contributed by atoms with E-state index in [1.807, 2.05) is 6.92 Å². The highest BCUT2D eigenvalue weighted by Crippen LogP contribution is 2.28. The number of nitro benzene ring substituents is 1. The molecule has 2 aromatic rings. The number of thioether (sulfide) groups is 1. The Kier molecular flexibility index (Phi) is 6.45. The van der Waals surface area contributed by atoms with Crippen molar-refractivity contribution >= 4 is 45.8 Å². The zero-order valence-electron chi connectivity index (χ0n) is 15.5. The number of hydrogen-bond acceptors (Lipinski definition) is 7. The Hall–Kier alpha value is -3.40. The number of benzene rings is 2. The van der Waals surface area contributed by atoms with Crippen LogP contribution in [0.1, 0.15) is 13.3 Å². The molecular weight excluding hydrogens is 396 g/mol. The van der Waals surface area contributed by atoms with Gasteiger partial charge in [0.25, 0.3) is 5.69 Å². The zero-order chi connectivity index (χ0) is 20.8. The van der Waals surface area contributed by atoms with E-state index in [2.05, 4.69) is 15.6 Å². The highest BCUT2D eigenvalue weighted by atomic mass is 32.2. The summed E-state index contributed by atoms with van der Waals surface area (Å²) >= 11 is 1.14. The highest BCUT2D eigenvalue weighted by Gasteiger charge is 2.32. The minimum Gasteiger partial charge on any atom is -0.494 e. The van der Waals surface area contributed by atoms with E-state index in [-0.39, 0.29) is 23.7 Å². The molecule has 1 heterocycles. The van der Waals surface area contributed by atoms with Crippen molar-refractivity contribution in [1.82, 2.24) is 5.32 Å². The molecule has 3 rings (SSSR count). The van der Waals surface area contributed by atoms with E-state index in [4.69, 9.17) is 4.74 Å². The third kappa shape index (κ3) is 5.32. The molecular formula is C19H18N4O5S. The molecule has 2 N–H and O–H groups in total. The molecule has 2 amide bonds. The predicted molar refractivity (Wildman–Crippen MR) is 111 cm³/mol. The van der Waals surface area contributed by atoms with Crippen molar-refractivity contribution < 1.29 is 19.2 Å². The number of amides is 2. The van der Waals surface area contributed by atoms with Crippen molar-refractivity contribution in [3.05, 3.63) is 58.6 Å². The summed E-state index contributed by atoms with van der Waals surface area (Å²) in [7, 11) is 0. The molecule has 10 heteroatoms. The van der Waals surface area contributed by atoms with Crippen molar-refractivity contribution in [2.75, 3.05) is 11.9 Å². The molecule has 1 atom stereocenters. The van der Waals surface area contributed by atoms with Crippen molar-refractivity contribution in [2.24, 2.45) is 4.99 Å². The molecule has 0 aromatic heterocycles. The van der Waals surface area contributed by atoms with Crippen molar-refractivity contribution in [3.8, 4) is 5.75 Å². The zero-order valence-corrected chi connectivity index (χ0v) is 16.3. The van der Waals surface area contributed by atoms with Gasteiger partial charge < -0.3 is 15.4 Å². The summed E-state index contributed by atoms with van der Waals surface area (Å²) in [6, 6.07) is 12.9. The molecule has 1 aliphatic rings. The van der Waals surface area contributed by atoms with Gasteiger partial charge in [-0.1, -0.05) is 23.9 Å². The van der Waals surface area contributed by atoms with Gasteiger partial charge in [0.1, 0.15) is 16.7 Å². The number of hydrogen-bond donors (Lipinski definition) is 2. The number of nitrogens with one attached hydrogen (secondary N) is 2. The van der Waals surface area contributed by atoms with E-state index in [0.717, 1.165) is 17.5 Å². The number of para-hydroxylation sites is 2. The number of nitrogens with zero attached hydrogens (tertiary/aromatic N) is 2. The molecule has 0 aliphatic carbocycles. The molecule has 9 nitrogen and oxygen atoms in total. The van der Waals surface area contributed by atoms with E-state index in [0.29, 0.717) is 17.5 Å². The second kappa shape index (κ2) is 9.20. The van der Waals surface area contributed by atoms with Crippen molar-refractivity contribution in [2.45, 2.75) is 18.6 Å². The second-order valence-electron chi connectivity index (χ2n) is 5.97. The average molecular weight is 414 g/mol. The van der Waals surface area contributed by atoms with Gasteiger partial charge in [0.2, 0.25) is 11.8 Å². The van der Waals surface area contributed by atoms with E-state index in [9.17, 15) is 19.7 Å². The predicted octanol–water partition coefficient (Wildman–Crippen LogP) is 3.24. The Labute approximate surface area is 170 Å². The largest absolute Gasteiger partial charge is 0.494 e. The molecule has 0 saturated carbocycles. The Morgan fingerprint density at radius 1 is 1.28 bits per heavy atom. The normalized spacial score (nSPS) is 17.1. The molecule has 0 unspecified atom stereocenters. The Morgan fingerprint density at radius 3 is 2.69 bits per heavy atom. The van der Waals surface area contributed by atoms with Gasteiger partial charge in [-0.05, 0) is 37.3 Å². The van der Waals surface area contributed by atoms with Gasteiger partial charge in [-0.2, -0.15) is 0 Å². The van der Waals surface area contributed by atoms with Crippen molar-refractivity contribution in [3.63, 3.8) is 0 Å². The lowest BCUT2D eigenvalue weighted by Gasteiger charge is -2.07. The lowest BCUT2D eigenvalue weighted by Crippen LogP contribution is -2.28. The molecule has 150 valence electrons. The summed E-state index contributed by atoms with van der Waals surface area (Å²) in [5, 5.41) is 15.9. The molecule has 0 radical (unpaired) electrons. The summed E-state index contributed by atoms with van der Waals surface area (Å²) in [5.41, 5.74) is 0.526. The Bertz CT molecular complexity index is 961. The summed E-state index contributed by atoms with van der Waals surface area (Å²) in [4.78, 5) is 39.2. The van der Waals surface area contributed by atoms with Crippen LogP contribution in [-0.4, -0.2) is 33.8 Å². The fourth-order valence-electron chi connectivity index (χ4n) is 2.60. The molecule has 2 aromatic carbocycles. The van der Waals surface area contributed by atoms with Crippen LogP contribution in [0.3, 0.4) is 0 Å². The van der Waals surface area contributed by atoms with Gasteiger partial charge in [-0.25, -0.2) is 4.99 Å². The van der Waals surface area contributed by atoms with E-state index >= 15 is 0 Å².